The molecule has 1 saturated heterocycles. The average molecular weight is 348 g/mol. The third-order valence-electron chi connectivity index (χ3n) is 3.73. The standard InChI is InChI=1S/C17H24N4O4/c1-3-25-17(24)21-9-7-20(8-10-21)12-16(23)19-15-6-4-5-14(11-15)18-13(2)22/h4-6,11H,3,7-10,12H2,1-2H3,(H,18,22)(H,19,23). The first-order valence-corrected chi connectivity index (χ1v) is 8.29. The van der Waals surface area contributed by atoms with E-state index >= 15 is 0 Å². The number of ether oxygens (including phenoxy) is 1. The van der Waals surface area contributed by atoms with Gasteiger partial charge in [-0.05, 0) is 25.1 Å². The summed E-state index contributed by atoms with van der Waals surface area (Å²) in [6.45, 7) is 6.16. The zero-order chi connectivity index (χ0) is 18.2. The maximum atomic E-state index is 12.2. The van der Waals surface area contributed by atoms with Crippen LogP contribution < -0.4 is 10.6 Å². The molecule has 0 bridgehead atoms. The molecular weight excluding hydrogens is 324 g/mol. The normalized spacial score (nSPS) is 14.7. The molecule has 0 unspecified atom stereocenters. The van der Waals surface area contributed by atoms with E-state index in [4.69, 9.17) is 4.74 Å². The first-order valence-electron chi connectivity index (χ1n) is 8.29. The smallest absolute Gasteiger partial charge is 0.409 e. The summed E-state index contributed by atoms with van der Waals surface area (Å²) in [4.78, 5) is 38.6. The lowest BCUT2D eigenvalue weighted by Gasteiger charge is -2.33. The Morgan fingerprint density at radius 2 is 1.72 bits per heavy atom. The van der Waals surface area contributed by atoms with Gasteiger partial charge in [-0.1, -0.05) is 6.07 Å². The van der Waals surface area contributed by atoms with E-state index < -0.39 is 0 Å². The van der Waals surface area contributed by atoms with E-state index in [1.807, 2.05) is 4.90 Å². The molecule has 1 aliphatic rings. The quantitative estimate of drug-likeness (QED) is 0.838. The van der Waals surface area contributed by atoms with E-state index in [-0.39, 0.29) is 24.5 Å². The van der Waals surface area contributed by atoms with E-state index in [0.29, 0.717) is 44.2 Å². The van der Waals surface area contributed by atoms with Gasteiger partial charge in [0.2, 0.25) is 11.8 Å². The van der Waals surface area contributed by atoms with Crippen LogP contribution in [0.5, 0.6) is 0 Å². The number of amides is 3. The second-order valence-corrected chi connectivity index (χ2v) is 5.77. The topological polar surface area (TPSA) is 91.0 Å². The molecule has 136 valence electrons. The summed E-state index contributed by atoms with van der Waals surface area (Å²) in [6, 6.07) is 6.99. The maximum Gasteiger partial charge on any atom is 0.409 e. The Hall–Kier alpha value is -2.61. The number of carbonyl (C=O) groups excluding carboxylic acids is 3. The first kappa shape index (κ1) is 18.7. The molecule has 3 amide bonds. The van der Waals surface area contributed by atoms with Crippen LogP contribution in [0.2, 0.25) is 0 Å². The van der Waals surface area contributed by atoms with E-state index in [1.165, 1.54) is 6.92 Å². The molecule has 0 spiro atoms. The van der Waals surface area contributed by atoms with Crippen LogP contribution in [0.15, 0.2) is 24.3 Å². The van der Waals surface area contributed by atoms with Crippen LogP contribution in [0.3, 0.4) is 0 Å². The van der Waals surface area contributed by atoms with Crippen LogP contribution in [0.25, 0.3) is 0 Å². The fourth-order valence-electron chi connectivity index (χ4n) is 2.58. The van der Waals surface area contributed by atoms with Crippen LogP contribution in [-0.4, -0.2) is 67.0 Å². The molecule has 8 nitrogen and oxygen atoms in total. The molecule has 1 aromatic rings. The van der Waals surface area contributed by atoms with E-state index in [2.05, 4.69) is 10.6 Å². The van der Waals surface area contributed by atoms with Crippen molar-refractivity contribution in [3.8, 4) is 0 Å². The van der Waals surface area contributed by atoms with E-state index in [9.17, 15) is 14.4 Å². The second kappa shape index (κ2) is 9.03. The highest BCUT2D eigenvalue weighted by atomic mass is 16.6. The Bertz CT molecular complexity index is 627. The Balaban J connectivity index is 1.79. The molecule has 2 N–H and O–H groups in total. The minimum atomic E-state index is -0.304. The highest BCUT2D eigenvalue weighted by Gasteiger charge is 2.23. The van der Waals surface area contributed by atoms with Crippen LogP contribution >= 0.6 is 0 Å². The molecule has 0 aromatic heterocycles. The van der Waals surface area contributed by atoms with Gasteiger partial charge in [-0.3, -0.25) is 14.5 Å². The molecule has 2 rings (SSSR count). The number of carbonyl (C=O) groups is 3. The Labute approximate surface area is 147 Å². The lowest BCUT2D eigenvalue weighted by Crippen LogP contribution is -2.50. The van der Waals surface area contributed by atoms with Crippen molar-refractivity contribution in [3.05, 3.63) is 24.3 Å². The molecule has 0 radical (unpaired) electrons. The molecule has 0 saturated carbocycles. The summed E-state index contributed by atoms with van der Waals surface area (Å²) in [7, 11) is 0. The molecule has 0 atom stereocenters. The number of anilines is 2. The Kier molecular flexibility index (Phi) is 6.76. The number of hydrogen-bond acceptors (Lipinski definition) is 5. The minimum absolute atomic E-state index is 0.135. The Morgan fingerprint density at radius 1 is 1.08 bits per heavy atom. The number of nitrogens with zero attached hydrogens (tertiary/aromatic N) is 2. The number of piperazine rings is 1. The van der Waals surface area contributed by atoms with E-state index in [1.54, 1.807) is 36.1 Å². The van der Waals surface area contributed by atoms with Crippen molar-refractivity contribution >= 4 is 29.3 Å². The SMILES string of the molecule is CCOC(=O)N1CCN(CC(=O)Nc2cccc(NC(C)=O)c2)CC1. The van der Waals surface area contributed by atoms with E-state index in [0.717, 1.165) is 0 Å². The maximum absolute atomic E-state index is 12.2. The lowest BCUT2D eigenvalue weighted by atomic mass is 10.2. The van der Waals surface area contributed by atoms with Crippen LogP contribution in [-0.2, 0) is 14.3 Å². The van der Waals surface area contributed by atoms with Gasteiger partial charge < -0.3 is 20.3 Å². The summed E-state index contributed by atoms with van der Waals surface area (Å²) >= 11 is 0. The van der Waals surface area contributed by atoms with Gasteiger partial charge in [0.05, 0.1) is 13.2 Å². The first-order chi connectivity index (χ1) is 12.0. The number of nitrogens with one attached hydrogen (secondary N) is 2. The molecule has 8 heteroatoms. The minimum Gasteiger partial charge on any atom is -0.450 e. The zero-order valence-electron chi connectivity index (χ0n) is 14.6. The third kappa shape index (κ3) is 6.07. The van der Waals surface area contributed by atoms with Gasteiger partial charge >= 0.3 is 6.09 Å². The van der Waals surface area contributed by atoms with Crippen molar-refractivity contribution in [3.63, 3.8) is 0 Å². The largest absolute Gasteiger partial charge is 0.450 e. The van der Waals surface area contributed by atoms with Crippen LogP contribution in [0.1, 0.15) is 13.8 Å². The van der Waals surface area contributed by atoms with Gasteiger partial charge in [0.15, 0.2) is 0 Å². The number of rotatable bonds is 5. The fraction of sp³-hybridized carbons (Fsp3) is 0.471. The molecule has 1 aromatic carbocycles. The summed E-state index contributed by atoms with van der Waals surface area (Å²) < 4.78 is 4.97. The van der Waals surface area contributed by atoms with Crippen molar-refractivity contribution in [1.29, 1.82) is 0 Å². The molecule has 1 fully saturated rings. The summed E-state index contributed by atoms with van der Waals surface area (Å²) in [5.74, 6) is -0.299. The van der Waals surface area contributed by atoms with Gasteiger partial charge in [-0.2, -0.15) is 0 Å². The van der Waals surface area contributed by atoms with Crippen molar-refractivity contribution in [1.82, 2.24) is 9.80 Å². The van der Waals surface area contributed by atoms with Crippen molar-refractivity contribution in [2.75, 3.05) is 50.0 Å². The van der Waals surface area contributed by atoms with Gasteiger partial charge in [0.1, 0.15) is 0 Å². The van der Waals surface area contributed by atoms with Gasteiger partial charge in [-0.25, -0.2) is 4.79 Å². The average Bonchev–Trinajstić information content (AvgIpc) is 2.55. The third-order valence-corrected chi connectivity index (χ3v) is 3.73. The summed E-state index contributed by atoms with van der Waals surface area (Å²) in [5, 5.41) is 5.50. The van der Waals surface area contributed by atoms with Crippen molar-refractivity contribution in [2.45, 2.75) is 13.8 Å². The monoisotopic (exact) mass is 348 g/mol. The van der Waals surface area contributed by atoms with Gasteiger partial charge in [0, 0.05) is 44.5 Å². The Morgan fingerprint density at radius 3 is 2.32 bits per heavy atom. The molecule has 25 heavy (non-hydrogen) atoms. The highest BCUT2D eigenvalue weighted by Crippen LogP contribution is 2.15. The van der Waals surface area contributed by atoms with Crippen molar-refractivity contribution in [2.24, 2.45) is 0 Å². The zero-order valence-corrected chi connectivity index (χ0v) is 14.6. The van der Waals surface area contributed by atoms with Gasteiger partial charge in [0.25, 0.3) is 0 Å². The van der Waals surface area contributed by atoms with Gasteiger partial charge in [-0.15, -0.1) is 0 Å². The predicted molar refractivity (Wildman–Crippen MR) is 94.4 cm³/mol. The highest BCUT2D eigenvalue weighted by molar-refractivity contribution is 5.94. The summed E-state index contributed by atoms with van der Waals surface area (Å²) in [6.07, 6.45) is -0.304. The molecular formula is C17H24N4O4. The number of hydrogen-bond donors (Lipinski definition) is 2. The van der Waals surface area contributed by atoms with Crippen LogP contribution in [0.4, 0.5) is 16.2 Å². The van der Waals surface area contributed by atoms with Crippen molar-refractivity contribution < 1.29 is 19.1 Å². The molecule has 1 aliphatic heterocycles. The summed E-state index contributed by atoms with van der Waals surface area (Å²) in [5.41, 5.74) is 1.26. The molecule has 0 aliphatic carbocycles. The fourth-order valence-corrected chi connectivity index (χ4v) is 2.58. The lowest BCUT2D eigenvalue weighted by molar-refractivity contribution is -0.117. The second-order valence-electron chi connectivity index (χ2n) is 5.77. The number of benzene rings is 1. The predicted octanol–water partition coefficient (Wildman–Crippen LogP) is 1.36. The molecule has 1 heterocycles. The van der Waals surface area contributed by atoms with Crippen LogP contribution in [0, 0.1) is 0 Å².